The molecule has 4 aromatic rings. The van der Waals surface area contributed by atoms with Crippen LogP contribution in [0.5, 0.6) is 0 Å². The molecule has 0 unspecified atom stereocenters. The lowest BCUT2D eigenvalue weighted by molar-refractivity contribution is 0.0481. The number of likely N-dealkylation sites (N-methyl/N-ethyl adjacent to an activating group) is 1. The molecule has 2 aliphatic heterocycles. The first-order valence-electron chi connectivity index (χ1n) is 16.9. The number of aromatic nitrogens is 5. The topological polar surface area (TPSA) is 146 Å². The third-order valence-electron chi connectivity index (χ3n) is 11.4. The number of nitrogen functional groups attached to an aromatic ring is 1. The van der Waals surface area contributed by atoms with Gasteiger partial charge in [-0.1, -0.05) is 5.16 Å². The molecule has 0 radical (unpaired) electrons. The van der Waals surface area contributed by atoms with Gasteiger partial charge in [-0.25, -0.2) is 14.6 Å². The highest BCUT2D eigenvalue weighted by molar-refractivity contribution is 7.16. The minimum atomic E-state index is -0.693. The van der Waals surface area contributed by atoms with Crippen molar-refractivity contribution in [1.82, 2.24) is 29.8 Å². The Morgan fingerprint density at radius 2 is 1.93 bits per heavy atom. The van der Waals surface area contributed by atoms with Crippen LogP contribution in [0.4, 0.5) is 10.8 Å². The van der Waals surface area contributed by atoms with Crippen molar-refractivity contribution in [2.75, 3.05) is 37.3 Å². The summed E-state index contributed by atoms with van der Waals surface area (Å²) in [6.07, 6.45) is 12.1. The number of aliphatic hydroxyl groups is 1. The van der Waals surface area contributed by atoms with Crippen LogP contribution in [0.15, 0.2) is 10.7 Å². The zero-order chi connectivity index (χ0) is 31.8. The van der Waals surface area contributed by atoms with Gasteiger partial charge in [0.2, 0.25) is 0 Å². The molecule has 242 valence electrons. The quantitative estimate of drug-likeness (QED) is 0.299. The Labute approximate surface area is 273 Å². The molecule has 2 aliphatic carbocycles. The second-order valence-corrected chi connectivity index (χ2v) is 15.5. The van der Waals surface area contributed by atoms with Crippen LogP contribution in [-0.2, 0) is 18.3 Å². The van der Waals surface area contributed by atoms with Gasteiger partial charge in [0.25, 0.3) is 0 Å². The summed E-state index contributed by atoms with van der Waals surface area (Å²) in [5.74, 6) is 2.25. The van der Waals surface area contributed by atoms with Crippen LogP contribution in [0, 0.1) is 11.3 Å². The Balaban J connectivity index is 1.28. The van der Waals surface area contributed by atoms with Crippen LogP contribution in [0.25, 0.3) is 22.6 Å². The zero-order valence-electron chi connectivity index (χ0n) is 27.1. The van der Waals surface area contributed by atoms with Crippen LogP contribution in [0.3, 0.4) is 0 Å². The summed E-state index contributed by atoms with van der Waals surface area (Å²) >= 11 is 1.56. The number of hydrogen-bond acceptors (Lipinski definition) is 11. The standard InChI is InChI=1S/C34H43N9O2S/c1-20(24-9-6-15-41(24)3)43-32-23(19-37-43)31(42-16-7-11-33(2,44)14-17-42)38-30(39-32)27-21-8-4-12-34(28(21)45-40-27)13-5-10-25-26(34)22(18-35)29(36)46-25/h19-20,24,44H,4-17,36H2,1-3H3/t20-,24-,33+,34-/m0/s1. The first kappa shape index (κ1) is 29.8. The van der Waals surface area contributed by atoms with Crippen LogP contribution in [0.1, 0.15) is 105 Å². The summed E-state index contributed by atoms with van der Waals surface area (Å²) < 4.78 is 8.43. The number of rotatable bonds is 4. The highest BCUT2D eigenvalue weighted by Gasteiger charge is 2.49. The van der Waals surface area contributed by atoms with Crippen molar-refractivity contribution in [3.05, 3.63) is 33.5 Å². The van der Waals surface area contributed by atoms with Gasteiger partial charge in [-0.15, -0.1) is 11.3 Å². The molecule has 6 heterocycles. The van der Waals surface area contributed by atoms with Gasteiger partial charge in [0.15, 0.2) is 22.9 Å². The van der Waals surface area contributed by atoms with Gasteiger partial charge >= 0.3 is 0 Å². The van der Waals surface area contributed by atoms with Gasteiger partial charge in [-0.2, -0.15) is 10.4 Å². The van der Waals surface area contributed by atoms with E-state index < -0.39 is 11.0 Å². The predicted molar refractivity (Wildman–Crippen MR) is 178 cm³/mol. The number of aryl methyl sites for hydroxylation is 1. The Bertz CT molecular complexity index is 1850. The van der Waals surface area contributed by atoms with E-state index in [4.69, 9.17) is 30.5 Å². The van der Waals surface area contributed by atoms with E-state index in [0.29, 0.717) is 41.1 Å². The summed E-state index contributed by atoms with van der Waals surface area (Å²) in [7, 11) is 2.20. The number of nitriles is 1. The van der Waals surface area contributed by atoms with Crippen LogP contribution in [0.2, 0.25) is 0 Å². The highest BCUT2D eigenvalue weighted by Crippen LogP contribution is 2.55. The molecule has 3 N–H and O–H groups in total. The van der Waals surface area contributed by atoms with E-state index in [-0.39, 0.29) is 6.04 Å². The minimum Gasteiger partial charge on any atom is -0.390 e. The average molecular weight is 642 g/mol. The van der Waals surface area contributed by atoms with Crippen molar-refractivity contribution in [2.24, 2.45) is 0 Å². The molecule has 2 fully saturated rings. The molecule has 4 aromatic heterocycles. The summed E-state index contributed by atoms with van der Waals surface area (Å²) in [6.45, 7) is 6.76. The Morgan fingerprint density at radius 3 is 2.72 bits per heavy atom. The van der Waals surface area contributed by atoms with E-state index in [1.807, 2.05) is 13.1 Å². The molecule has 8 rings (SSSR count). The first-order chi connectivity index (χ1) is 22.2. The fourth-order valence-electron chi connectivity index (χ4n) is 8.96. The number of thiophene rings is 1. The Hall–Kier alpha value is -3.53. The molecule has 12 heteroatoms. The maximum Gasteiger partial charge on any atom is 0.186 e. The van der Waals surface area contributed by atoms with Gasteiger partial charge in [0.1, 0.15) is 16.9 Å². The van der Waals surface area contributed by atoms with Crippen LogP contribution < -0.4 is 10.6 Å². The lowest BCUT2D eigenvalue weighted by Crippen LogP contribution is -2.35. The minimum absolute atomic E-state index is 0.133. The van der Waals surface area contributed by atoms with Gasteiger partial charge in [-0.3, -0.25) is 0 Å². The van der Waals surface area contributed by atoms with Gasteiger partial charge in [-0.05, 0) is 104 Å². The third-order valence-corrected chi connectivity index (χ3v) is 12.5. The molecule has 4 aliphatic rings. The Morgan fingerprint density at radius 1 is 1.11 bits per heavy atom. The van der Waals surface area contributed by atoms with E-state index in [2.05, 4.69) is 34.5 Å². The maximum absolute atomic E-state index is 10.9. The largest absolute Gasteiger partial charge is 0.390 e. The second-order valence-electron chi connectivity index (χ2n) is 14.3. The van der Waals surface area contributed by atoms with Crippen molar-refractivity contribution in [3.8, 4) is 17.6 Å². The molecule has 0 aromatic carbocycles. The number of anilines is 2. The smallest absolute Gasteiger partial charge is 0.186 e. The molecule has 0 amide bonds. The fourth-order valence-corrected chi connectivity index (χ4v) is 10.1. The summed E-state index contributed by atoms with van der Waals surface area (Å²) in [5.41, 5.74) is 9.50. The summed E-state index contributed by atoms with van der Waals surface area (Å²) in [5, 5.41) is 32.2. The summed E-state index contributed by atoms with van der Waals surface area (Å²) in [6, 6.07) is 2.93. The molecule has 0 bridgehead atoms. The lowest BCUT2D eigenvalue weighted by atomic mass is 9.63. The zero-order valence-corrected chi connectivity index (χ0v) is 27.9. The average Bonchev–Trinajstić information content (AvgIpc) is 3.81. The number of hydrogen-bond donors (Lipinski definition) is 2. The van der Waals surface area contributed by atoms with E-state index >= 15 is 0 Å². The molecular weight excluding hydrogens is 599 g/mol. The molecule has 0 saturated carbocycles. The number of fused-ring (bicyclic) bond motifs is 5. The van der Waals surface area contributed by atoms with E-state index in [1.54, 1.807) is 11.3 Å². The number of likely N-dealkylation sites (tertiary alicyclic amines) is 1. The highest BCUT2D eigenvalue weighted by atomic mass is 32.1. The number of nitrogens with zero attached hydrogens (tertiary/aromatic N) is 8. The molecule has 2 saturated heterocycles. The van der Waals surface area contributed by atoms with Crippen molar-refractivity contribution in [1.29, 1.82) is 5.26 Å². The van der Waals surface area contributed by atoms with Gasteiger partial charge < -0.3 is 25.2 Å². The van der Waals surface area contributed by atoms with Gasteiger partial charge in [0.05, 0.1) is 34.2 Å². The van der Waals surface area contributed by atoms with E-state index in [9.17, 15) is 10.4 Å². The summed E-state index contributed by atoms with van der Waals surface area (Å²) in [4.78, 5) is 16.4. The van der Waals surface area contributed by atoms with E-state index in [0.717, 1.165) is 105 Å². The van der Waals surface area contributed by atoms with E-state index in [1.165, 1.54) is 11.3 Å². The Kier molecular flexibility index (Phi) is 7.16. The molecule has 46 heavy (non-hydrogen) atoms. The van der Waals surface area contributed by atoms with Crippen molar-refractivity contribution < 1.29 is 9.63 Å². The second kappa shape index (κ2) is 11.0. The maximum atomic E-state index is 10.9. The number of nitrogens with two attached hydrogens (primary N) is 1. The first-order valence-corrected chi connectivity index (χ1v) is 17.8. The molecule has 11 nitrogen and oxygen atoms in total. The molecule has 1 spiro atoms. The van der Waals surface area contributed by atoms with Crippen LogP contribution >= 0.6 is 11.3 Å². The SMILES string of the molecule is C[C@@H]([C@@H]1CCCN1C)n1ncc2c(N3CCC[C@@](C)(O)CC3)nc(-c3noc4c3CCC[C@@]43CCCc4sc(N)c(C#N)c43)nc21. The lowest BCUT2D eigenvalue weighted by Gasteiger charge is -2.39. The predicted octanol–water partition coefficient (Wildman–Crippen LogP) is 5.35. The normalized spacial score (nSPS) is 27.5. The third kappa shape index (κ3) is 4.57. The van der Waals surface area contributed by atoms with Gasteiger partial charge in [0, 0.05) is 29.6 Å². The van der Waals surface area contributed by atoms with Crippen molar-refractivity contribution in [3.63, 3.8) is 0 Å². The van der Waals surface area contributed by atoms with Crippen molar-refractivity contribution in [2.45, 2.75) is 108 Å². The fraction of sp³-hybridized carbons (Fsp3) is 0.618. The monoisotopic (exact) mass is 641 g/mol. The molecular formula is C34H43N9O2S. The molecule has 4 atom stereocenters. The van der Waals surface area contributed by atoms with Crippen LogP contribution in [-0.4, -0.2) is 73.2 Å². The van der Waals surface area contributed by atoms with Crippen molar-refractivity contribution >= 4 is 33.2 Å².